The summed E-state index contributed by atoms with van der Waals surface area (Å²) < 4.78 is 5.61. The van der Waals surface area contributed by atoms with Gasteiger partial charge in [0.2, 0.25) is 0 Å². The third-order valence-corrected chi connectivity index (χ3v) is 5.20. The Bertz CT molecular complexity index is 568. The number of likely N-dealkylation sites (tertiary alicyclic amines) is 1. The molecule has 1 saturated heterocycles. The van der Waals surface area contributed by atoms with Gasteiger partial charge in [-0.25, -0.2) is 0 Å². The van der Waals surface area contributed by atoms with E-state index < -0.39 is 0 Å². The second kappa shape index (κ2) is 7.88. The van der Waals surface area contributed by atoms with Crippen molar-refractivity contribution in [2.75, 3.05) is 33.8 Å². The maximum absolute atomic E-state index is 5.61. The first kappa shape index (κ1) is 17.1. The van der Waals surface area contributed by atoms with Crippen LogP contribution in [0.1, 0.15) is 37.8 Å². The van der Waals surface area contributed by atoms with E-state index >= 15 is 0 Å². The number of hydrogen-bond donors (Lipinski definition) is 2. The van der Waals surface area contributed by atoms with Crippen molar-refractivity contribution in [3.8, 4) is 5.75 Å². The van der Waals surface area contributed by atoms with Gasteiger partial charge in [0.1, 0.15) is 5.75 Å². The summed E-state index contributed by atoms with van der Waals surface area (Å²) in [4.78, 5) is 6.94. The summed E-state index contributed by atoms with van der Waals surface area (Å²) in [5, 5.41) is 7.04. The number of aliphatic imine (C=N–C) groups is 1. The Morgan fingerprint density at radius 2 is 2.04 bits per heavy atom. The number of nitrogens with zero attached hydrogens (tertiary/aromatic N) is 2. The molecule has 0 bridgehead atoms. The highest BCUT2D eigenvalue weighted by Gasteiger charge is 2.33. The van der Waals surface area contributed by atoms with Crippen molar-refractivity contribution in [1.82, 2.24) is 15.5 Å². The van der Waals surface area contributed by atoms with Crippen LogP contribution in [0.5, 0.6) is 5.75 Å². The van der Waals surface area contributed by atoms with Gasteiger partial charge in [0, 0.05) is 25.2 Å². The molecule has 0 radical (unpaired) electrons. The lowest BCUT2D eigenvalue weighted by molar-refractivity contribution is 0.239. The highest BCUT2D eigenvalue weighted by Crippen LogP contribution is 2.31. The van der Waals surface area contributed by atoms with Crippen LogP contribution in [0.15, 0.2) is 29.3 Å². The normalized spacial score (nSPS) is 25.4. The molecule has 3 rings (SSSR count). The van der Waals surface area contributed by atoms with Gasteiger partial charge in [-0.2, -0.15) is 0 Å². The molecule has 0 aromatic heterocycles. The van der Waals surface area contributed by atoms with E-state index in [9.17, 15) is 0 Å². The molecule has 3 unspecified atom stereocenters. The summed E-state index contributed by atoms with van der Waals surface area (Å²) in [6.45, 7) is 5.40. The first-order chi connectivity index (χ1) is 11.7. The molecule has 1 saturated carbocycles. The van der Waals surface area contributed by atoms with Crippen molar-refractivity contribution >= 4 is 5.96 Å². The minimum absolute atomic E-state index is 0.304. The fourth-order valence-corrected chi connectivity index (χ4v) is 3.52. The standard InChI is InChI=1S/C19H30N4O/c1-14-12-16(14)22-19(20-2)21-13-17(23-10-6-7-11-23)15-8-4-5-9-18(15)24-3/h4-5,8-9,14,16-17H,6-7,10-13H2,1-3H3,(H2,20,21,22). The topological polar surface area (TPSA) is 48.9 Å². The molecular weight excluding hydrogens is 300 g/mol. The zero-order valence-electron chi connectivity index (χ0n) is 15.1. The van der Waals surface area contributed by atoms with Crippen LogP contribution in [0.2, 0.25) is 0 Å². The minimum atomic E-state index is 0.304. The predicted molar refractivity (Wildman–Crippen MR) is 98.6 cm³/mol. The van der Waals surface area contributed by atoms with Crippen molar-refractivity contribution < 1.29 is 4.74 Å². The van der Waals surface area contributed by atoms with Gasteiger partial charge >= 0.3 is 0 Å². The van der Waals surface area contributed by atoms with Crippen molar-refractivity contribution in [3.63, 3.8) is 0 Å². The van der Waals surface area contributed by atoms with Gasteiger partial charge in [-0.05, 0) is 44.3 Å². The van der Waals surface area contributed by atoms with Crippen LogP contribution in [-0.4, -0.2) is 50.7 Å². The summed E-state index contributed by atoms with van der Waals surface area (Å²) in [5.41, 5.74) is 1.25. The van der Waals surface area contributed by atoms with Gasteiger partial charge in [0.25, 0.3) is 0 Å². The largest absolute Gasteiger partial charge is 0.496 e. The molecular formula is C19H30N4O. The quantitative estimate of drug-likeness (QED) is 0.621. The van der Waals surface area contributed by atoms with E-state index in [1.807, 2.05) is 13.1 Å². The zero-order chi connectivity index (χ0) is 16.9. The Kier molecular flexibility index (Phi) is 5.61. The molecule has 2 aliphatic rings. The number of nitrogens with one attached hydrogen (secondary N) is 2. The van der Waals surface area contributed by atoms with Gasteiger partial charge in [-0.3, -0.25) is 9.89 Å². The molecule has 2 fully saturated rings. The highest BCUT2D eigenvalue weighted by molar-refractivity contribution is 5.80. The summed E-state index contributed by atoms with van der Waals surface area (Å²) in [5.74, 6) is 2.63. The van der Waals surface area contributed by atoms with E-state index in [1.165, 1.54) is 24.8 Å². The lowest BCUT2D eigenvalue weighted by atomic mass is 10.0. The van der Waals surface area contributed by atoms with E-state index in [-0.39, 0.29) is 0 Å². The van der Waals surface area contributed by atoms with Crippen LogP contribution < -0.4 is 15.4 Å². The lowest BCUT2D eigenvalue weighted by Gasteiger charge is -2.30. The highest BCUT2D eigenvalue weighted by atomic mass is 16.5. The maximum Gasteiger partial charge on any atom is 0.191 e. The molecule has 5 heteroatoms. The van der Waals surface area contributed by atoms with E-state index in [0.717, 1.165) is 37.3 Å². The Balaban J connectivity index is 1.70. The molecule has 1 aromatic carbocycles. The average molecular weight is 330 g/mol. The third kappa shape index (κ3) is 4.01. The monoisotopic (exact) mass is 330 g/mol. The Labute approximate surface area is 145 Å². The molecule has 1 heterocycles. The minimum Gasteiger partial charge on any atom is -0.496 e. The fourth-order valence-electron chi connectivity index (χ4n) is 3.52. The second-order valence-electron chi connectivity index (χ2n) is 6.92. The first-order valence-corrected chi connectivity index (χ1v) is 9.07. The predicted octanol–water partition coefficient (Wildman–Crippen LogP) is 2.41. The van der Waals surface area contributed by atoms with Gasteiger partial charge in [-0.1, -0.05) is 25.1 Å². The summed E-state index contributed by atoms with van der Waals surface area (Å²) >= 11 is 0. The smallest absolute Gasteiger partial charge is 0.191 e. The average Bonchev–Trinajstić information content (AvgIpc) is 3.07. The number of ether oxygens (including phenoxy) is 1. The molecule has 1 aromatic rings. The Morgan fingerprint density at radius 3 is 2.67 bits per heavy atom. The van der Waals surface area contributed by atoms with E-state index in [4.69, 9.17) is 4.74 Å². The third-order valence-electron chi connectivity index (χ3n) is 5.20. The van der Waals surface area contributed by atoms with Crippen LogP contribution in [-0.2, 0) is 0 Å². The number of guanidine groups is 1. The SMILES string of the molecule is CN=C(NCC(c1ccccc1OC)N1CCCC1)NC1CC1C. The molecule has 1 aliphatic heterocycles. The molecule has 24 heavy (non-hydrogen) atoms. The van der Waals surface area contributed by atoms with E-state index in [0.29, 0.717) is 12.1 Å². The molecule has 0 spiro atoms. The summed E-state index contributed by atoms with van der Waals surface area (Å²) in [6.07, 6.45) is 3.79. The molecule has 3 atom stereocenters. The van der Waals surface area contributed by atoms with Crippen molar-refractivity contribution in [1.29, 1.82) is 0 Å². The Morgan fingerprint density at radius 1 is 1.33 bits per heavy atom. The summed E-state index contributed by atoms with van der Waals surface area (Å²) in [6, 6.07) is 9.25. The van der Waals surface area contributed by atoms with Crippen LogP contribution in [0.25, 0.3) is 0 Å². The van der Waals surface area contributed by atoms with Gasteiger partial charge in [0.15, 0.2) is 5.96 Å². The molecule has 5 nitrogen and oxygen atoms in total. The summed E-state index contributed by atoms with van der Waals surface area (Å²) in [7, 11) is 3.60. The number of methoxy groups -OCH3 is 1. The van der Waals surface area contributed by atoms with Gasteiger partial charge < -0.3 is 15.4 Å². The molecule has 1 aliphatic carbocycles. The first-order valence-electron chi connectivity index (χ1n) is 9.07. The second-order valence-corrected chi connectivity index (χ2v) is 6.92. The lowest BCUT2D eigenvalue weighted by Crippen LogP contribution is -2.43. The number of hydrogen-bond acceptors (Lipinski definition) is 3. The van der Waals surface area contributed by atoms with Gasteiger partial charge in [-0.15, -0.1) is 0 Å². The molecule has 132 valence electrons. The van der Waals surface area contributed by atoms with E-state index in [2.05, 4.69) is 45.6 Å². The van der Waals surface area contributed by atoms with Crippen molar-refractivity contribution in [2.45, 2.75) is 38.3 Å². The van der Waals surface area contributed by atoms with Crippen LogP contribution in [0.3, 0.4) is 0 Å². The maximum atomic E-state index is 5.61. The van der Waals surface area contributed by atoms with Crippen LogP contribution in [0, 0.1) is 5.92 Å². The van der Waals surface area contributed by atoms with E-state index in [1.54, 1.807) is 7.11 Å². The van der Waals surface area contributed by atoms with Crippen molar-refractivity contribution in [2.24, 2.45) is 10.9 Å². The number of benzene rings is 1. The number of para-hydroxylation sites is 1. The number of rotatable bonds is 6. The Hall–Kier alpha value is -1.75. The van der Waals surface area contributed by atoms with Crippen LogP contribution >= 0.6 is 0 Å². The van der Waals surface area contributed by atoms with Gasteiger partial charge in [0.05, 0.1) is 13.2 Å². The zero-order valence-corrected chi connectivity index (χ0v) is 15.1. The molecule has 2 N–H and O–H groups in total. The van der Waals surface area contributed by atoms with Crippen LogP contribution in [0.4, 0.5) is 0 Å². The van der Waals surface area contributed by atoms with Crippen molar-refractivity contribution in [3.05, 3.63) is 29.8 Å². The molecule has 0 amide bonds. The fraction of sp³-hybridized carbons (Fsp3) is 0.632.